The van der Waals surface area contributed by atoms with Gasteiger partial charge in [-0.3, -0.25) is 0 Å². The van der Waals surface area contributed by atoms with E-state index in [0.717, 1.165) is 18.4 Å². The number of nitrogens with zero attached hydrogens (tertiary/aromatic N) is 2. The minimum Gasteiger partial charge on any atom is -0.438 e. The van der Waals surface area contributed by atoms with Crippen LogP contribution in [0.2, 0.25) is 0 Å². The predicted molar refractivity (Wildman–Crippen MR) is 85.7 cm³/mol. The van der Waals surface area contributed by atoms with Crippen LogP contribution in [0.1, 0.15) is 31.7 Å². The zero-order valence-electron chi connectivity index (χ0n) is 13.1. The number of carbonyl (C=O) groups excluding carboxylic acids is 1. The van der Waals surface area contributed by atoms with E-state index in [-0.39, 0.29) is 24.7 Å². The van der Waals surface area contributed by atoms with Crippen LogP contribution in [0.4, 0.5) is 4.79 Å². The summed E-state index contributed by atoms with van der Waals surface area (Å²) in [5, 5.41) is 12.0. The van der Waals surface area contributed by atoms with Crippen molar-refractivity contribution in [3.05, 3.63) is 42.4 Å². The first-order valence-corrected chi connectivity index (χ1v) is 7.88. The van der Waals surface area contributed by atoms with E-state index in [1.54, 1.807) is 11.1 Å². The molecule has 0 saturated heterocycles. The fourth-order valence-electron chi connectivity index (χ4n) is 2.50. The van der Waals surface area contributed by atoms with Crippen LogP contribution in [-0.2, 0) is 0 Å². The third kappa shape index (κ3) is 3.71. The number of oxazole rings is 1. The van der Waals surface area contributed by atoms with Crippen molar-refractivity contribution in [1.29, 1.82) is 0 Å². The number of nitrogens with one attached hydrogen (secondary N) is 1. The van der Waals surface area contributed by atoms with E-state index in [1.165, 1.54) is 0 Å². The first-order chi connectivity index (χ1) is 11.2. The van der Waals surface area contributed by atoms with Crippen LogP contribution in [0, 0.1) is 0 Å². The first kappa shape index (κ1) is 15.6. The van der Waals surface area contributed by atoms with E-state index >= 15 is 0 Å². The van der Waals surface area contributed by atoms with Crippen molar-refractivity contribution in [1.82, 2.24) is 15.2 Å². The topological polar surface area (TPSA) is 78.6 Å². The molecule has 6 nitrogen and oxygen atoms in total. The smallest absolute Gasteiger partial charge is 0.318 e. The van der Waals surface area contributed by atoms with Crippen molar-refractivity contribution in [2.75, 3.05) is 13.2 Å². The highest BCUT2D eigenvalue weighted by molar-refractivity contribution is 5.75. The van der Waals surface area contributed by atoms with Crippen molar-refractivity contribution in [3.63, 3.8) is 0 Å². The maximum atomic E-state index is 12.3. The molecule has 1 atom stereocenters. The Bertz CT molecular complexity index is 652. The lowest BCUT2D eigenvalue weighted by Gasteiger charge is -2.23. The minimum atomic E-state index is -0.333. The predicted octanol–water partition coefficient (Wildman–Crippen LogP) is 2.57. The number of hydrogen-bond acceptors (Lipinski definition) is 4. The number of benzene rings is 1. The van der Waals surface area contributed by atoms with Gasteiger partial charge in [-0.15, -0.1) is 0 Å². The molecule has 0 radical (unpaired) electrons. The molecule has 1 fully saturated rings. The number of hydrogen-bond donors (Lipinski definition) is 2. The largest absolute Gasteiger partial charge is 0.438 e. The third-order valence-electron chi connectivity index (χ3n) is 3.88. The highest BCUT2D eigenvalue weighted by atomic mass is 16.4. The molecule has 1 saturated carbocycles. The molecule has 122 valence electrons. The summed E-state index contributed by atoms with van der Waals surface area (Å²) >= 11 is 0. The summed E-state index contributed by atoms with van der Waals surface area (Å²) < 4.78 is 5.75. The van der Waals surface area contributed by atoms with Crippen LogP contribution in [-0.4, -0.2) is 40.2 Å². The fourth-order valence-corrected chi connectivity index (χ4v) is 2.50. The highest BCUT2D eigenvalue weighted by Crippen LogP contribution is 2.27. The molecule has 1 aromatic carbocycles. The van der Waals surface area contributed by atoms with E-state index < -0.39 is 0 Å². The van der Waals surface area contributed by atoms with Crippen LogP contribution in [0.15, 0.2) is 40.9 Å². The average molecular weight is 315 g/mol. The molecular formula is C17H21N3O3. The second-order valence-corrected chi connectivity index (χ2v) is 5.75. The van der Waals surface area contributed by atoms with Gasteiger partial charge in [-0.1, -0.05) is 30.3 Å². The Kier molecular flexibility index (Phi) is 4.62. The molecular weight excluding hydrogens is 294 g/mol. The molecule has 0 bridgehead atoms. The number of amides is 2. The first-order valence-electron chi connectivity index (χ1n) is 7.88. The number of carbonyl (C=O) groups is 1. The van der Waals surface area contributed by atoms with Crippen molar-refractivity contribution >= 4 is 6.03 Å². The van der Waals surface area contributed by atoms with Gasteiger partial charge in [0.1, 0.15) is 6.04 Å². The van der Waals surface area contributed by atoms with Crippen molar-refractivity contribution < 1.29 is 14.3 Å². The molecule has 23 heavy (non-hydrogen) atoms. The van der Waals surface area contributed by atoms with E-state index in [1.807, 2.05) is 37.3 Å². The minimum absolute atomic E-state index is 0.0323. The van der Waals surface area contributed by atoms with Gasteiger partial charge in [0.2, 0.25) is 5.89 Å². The molecule has 0 aliphatic heterocycles. The van der Waals surface area contributed by atoms with Crippen LogP contribution in [0.25, 0.3) is 11.3 Å². The molecule has 6 heteroatoms. The SMILES string of the molecule is CC(NC(=O)N(CCO)C1CC1)c1ncc(-c2ccccc2)o1. The molecule has 1 aliphatic carbocycles. The molecule has 1 aromatic heterocycles. The molecule has 3 rings (SSSR count). The maximum Gasteiger partial charge on any atom is 0.318 e. The molecule has 1 heterocycles. The second-order valence-electron chi connectivity index (χ2n) is 5.75. The number of urea groups is 1. The van der Waals surface area contributed by atoms with Gasteiger partial charge in [0.05, 0.1) is 12.8 Å². The highest BCUT2D eigenvalue weighted by Gasteiger charge is 2.33. The Morgan fingerprint density at radius 2 is 2.17 bits per heavy atom. The zero-order valence-corrected chi connectivity index (χ0v) is 13.1. The summed E-state index contributed by atoms with van der Waals surface area (Å²) in [5.74, 6) is 1.15. The number of rotatable bonds is 6. The normalized spacial score (nSPS) is 15.2. The third-order valence-corrected chi connectivity index (χ3v) is 3.88. The molecule has 1 aliphatic rings. The van der Waals surface area contributed by atoms with Gasteiger partial charge in [-0.05, 0) is 19.8 Å². The summed E-state index contributed by atoms with van der Waals surface area (Å²) in [7, 11) is 0. The van der Waals surface area contributed by atoms with Crippen LogP contribution in [0.3, 0.4) is 0 Å². The van der Waals surface area contributed by atoms with Gasteiger partial charge in [0, 0.05) is 18.2 Å². The van der Waals surface area contributed by atoms with E-state index in [2.05, 4.69) is 10.3 Å². The van der Waals surface area contributed by atoms with Crippen LogP contribution in [0.5, 0.6) is 0 Å². The number of aliphatic hydroxyl groups is 1. The maximum absolute atomic E-state index is 12.3. The average Bonchev–Trinajstić information content (AvgIpc) is 3.28. The van der Waals surface area contributed by atoms with E-state index in [0.29, 0.717) is 18.2 Å². The Balaban J connectivity index is 1.65. The van der Waals surface area contributed by atoms with Crippen molar-refractivity contribution in [2.45, 2.75) is 31.8 Å². The standard InChI is InChI=1S/C17H21N3O3/c1-12(19-17(22)20(9-10-21)14-7-8-14)16-18-11-15(23-16)13-5-3-2-4-6-13/h2-6,11-12,14,21H,7-10H2,1H3,(H,19,22). The Hall–Kier alpha value is -2.34. The van der Waals surface area contributed by atoms with Crippen molar-refractivity contribution in [3.8, 4) is 11.3 Å². The molecule has 0 spiro atoms. The number of aliphatic hydroxyl groups excluding tert-OH is 1. The summed E-state index contributed by atoms with van der Waals surface area (Å²) in [6.45, 7) is 2.15. The summed E-state index contributed by atoms with van der Waals surface area (Å²) in [6.07, 6.45) is 3.66. The molecule has 2 amide bonds. The molecule has 2 N–H and O–H groups in total. The van der Waals surface area contributed by atoms with Gasteiger partial charge >= 0.3 is 6.03 Å². The number of aromatic nitrogens is 1. The Morgan fingerprint density at radius 3 is 2.83 bits per heavy atom. The summed E-state index contributed by atoms with van der Waals surface area (Å²) in [6, 6.07) is 9.44. The van der Waals surface area contributed by atoms with Gasteiger partial charge in [0.25, 0.3) is 0 Å². The quantitative estimate of drug-likeness (QED) is 0.859. The summed E-state index contributed by atoms with van der Waals surface area (Å²) in [4.78, 5) is 18.2. The molecule has 1 unspecified atom stereocenters. The van der Waals surface area contributed by atoms with E-state index in [4.69, 9.17) is 9.52 Å². The Morgan fingerprint density at radius 1 is 1.43 bits per heavy atom. The van der Waals surface area contributed by atoms with Crippen LogP contribution < -0.4 is 5.32 Å². The van der Waals surface area contributed by atoms with Gasteiger partial charge in [0.15, 0.2) is 5.76 Å². The fraction of sp³-hybridized carbons (Fsp3) is 0.412. The van der Waals surface area contributed by atoms with Crippen LogP contribution >= 0.6 is 0 Å². The lowest BCUT2D eigenvalue weighted by Crippen LogP contribution is -2.43. The van der Waals surface area contributed by atoms with Gasteiger partial charge < -0.3 is 19.7 Å². The van der Waals surface area contributed by atoms with Gasteiger partial charge in [-0.2, -0.15) is 0 Å². The second kappa shape index (κ2) is 6.83. The van der Waals surface area contributed by atoms with E-state index in [9.17, 15) is 4.79 Å². The zero-order chi connectivity index (χ0) is 16.2. The Labute approximate surface area is 135 Å². The van der Waals surface area contributed by atoms with Crippen molar-refractivity contribution in [2.24, 2.45) is 0 Å². The lowest BCUT2D eigenvalue weighted by molar-refractivity contribution is 0.169. The van der Waals surface area contributed by atoms with Gasteiger partial charge in [-0.25, -0.2) is 9.78 Å². The lowest BCUT2D eigenvalue weighted by atomic mass is 10.2. The summed E-state index contributed by atoms with van der Waals surface area (Å²) in [5.41, 5.74) is 0.949. The monoisotopic (exact) mass is 315 g/mol. The molecule has 2 aromatic rings.